The maximum absolute atomic E-state index is 15.3. The van der Waals surface area contributed by atoms with Crippen LogP contribution in [0.15, 0.2) is 87.5 Å². The summed E-state index contributed by atoms with van der Waals surface area (Å²) in [5, 5.41) is 8.69. The molecule has 3 atom stereocenters. The minimum atomic E-state index is -4.92. The number of phosphoric acid groups is 1. The van der Waals surface area contributed by atoms with Crippen molar-refractivity contribution in [3.05, 3.63) is 89.5 Å². The van der Waals surface area contributed by atoms with Crippen LogP contribution in [0.4, 0.5) is 0 Å². The Hall–Kier alpha value is -3.97. The number of sulfone groups is 3. The summed E-state index contributed by atoms with van der Waals surface area (Å²) in [6, 6.07) is 14.3. The SMILES string of the molecule is CCCCCCCC(=O)NC(COP(=O)(OCC(NC(=O)CCCCCCC)c1cccc(S(C)(=O)=O)c1)OCC(NC(=O)CCCCCCC)c1cccc(S(C)(=O)=O)c1)c1cccc(S(C)(=O)=O)c1. The number of hydrogen-bond donors (Lipinski definition) is 3. The standard InChI is InChI=1S/C51H78N3O13PS3/c1-7-10-13-16-19-31-49(55)52-46(40-25-22-28-43(34-40)69(4,59)60)37-65-68(58,66-38-47(53-50(56)32-20-17-14-11-8-2)41-26-23-29-44(35-41)70(5,61)62)67-39-48(54-51(57)33-21-18-15-12-9-3)42-27-24-30-45(36-42)71(6,63)64/h22-30,34-36,46-48H,7-21,31-33,37-39H2,1-6H3,(H,52,55)(H,53,56)(H,54,57). The van der Waals surface area contributed by atoms with Gasteiger partial charge in [-0.15, -0.1) is 0 Å². The summed E-state index contributed by atoms with van der Waals surface area (Å²) >= 11 is 0. The van der Waals surface area contributed by atoms with Gasteiger partial charge in [-0.3, -0.25) is 28.0 Å². The normalized spacial score (nSPS) is 14.2. The molecule has 3 aromatic carbocycles. The van der Waals surface area contributed by atoms with E-state index in [1.54, 1.807) is 18.2 Å². The predicted octanol–water partition coefficient (Wildman–Crippen LogP) is 10.0. The molecule has 71 heavy (non-hydrogen) atoms. The van der Waals surface area contributed by atoms with E-state index < -0.39 is 75.3 Å². The number of carbonyl (C=O) groups excluding carboxylic acids is 3. The lowest BCUT2D eigenvalue weighted by Crippen LogP contribution is -2.33. The third-order valence-corrected chi connectivity index (χ3v) is 16.5. The molecule has 3 N–H and O–H groups in total. The summed E-state index contributed by atoms with van der Waals surface area (Å²) in [5.41, 5.74) is 0.923. The molecule has 0 saturated heterocycles. The number of benzene rings is 3. The van der Waals surface area contributed by atoms with Crippen LogP contribution in [0.25, 0.3) is 0 Å². The van der Waals surface area contributed by atoms with Gasteiger partial charge in [-0.05, 0) is 72.4 Å². The Morgan fingerprint density at radius 1 is 0.437 bits per heavy atom. The summed E-state index contributed by atoms with van der Waals surface area (Å²) < 4.78 is 110. The quantitative estimate of drug-likeness (QED) is 0.0364. The molecule has 3 rings (SSSR count). The summed E-state index contributed by atoms with van der Waals surface area (Å²) in [7, 11) is -16.0. The van der Waals surface area contributed by atoms with Crippen LogP contribution in [0.1, 0.15) is 171 Å². The van der Waals surface area contributed by atoms with E-state index in [2.05, 4.69) is 36.7 Å². The van der Waals surface area contributed by atoms with Crippen LogP contribution in [0.2, 0.25) is 0 Å². The Morgan fingerprint density at radius 2 is 0.690 bits per heavy atom. The highest BCUT2D eigenvalue weighted by Crippen LogP contribution is 2.51. The Morgan fingerprint density at radius 3 is 0.930 bits per heavy atom. The Balaban J connectivity index is 2.11. The third kappa shape index (κ3) is 23.6. The Kier molecular flexibility index (Phi) is 26.7. The molecule has 0 aromatic heterocycles. The molecule has 0 aliphatic carbocycles. The first-order valence-corrected chi connectivity index (χ1v) is 32.0. The maximum atomic E-state index is 15.3. The lowest BCUT2D eigenvalue weighted by molar-refractivity contribution is -0.123. The highest BCUT2D eigenvalue weighted by Gasteiger charge is 2.34. The van der Waals surface area contributed by atoms with Gasteiger partial charge in [0.15, 0.2) is 29.5 Å². The van der Waals surface area contributed by atoms with Gasteiger partial charge in [-0.1, -0.05) is 134 Å². The molecule has 0 fully saturated rings. The lowest BCUT2D eigenvalue weighted by atomic mass is 10.1. The zero-order valence-corrected chi connectivity index (χ0v) is 45.8. The van der Waals surface area contributed by atoms with E-state index in [4.69, 9.17) is 13.6 Å². The molecular weight excluding hydrogens is 990 g/mol. The number of nitrogens with one attached hydrogen (secondary N) is 3. The monoisotopic (exact) mass is 1070 g/mol. The van der Waals surface area contributed by atoms with E-state index in [0.717, 1.165) is 95.8 Å². The fraction of sp³-hybridized carbons (Fsp3) is 0.588. The van der Waals surface area contributed by atoms with Gasteiger partial charge in [0.2, 0.25) is 17.7 Å². The van der Waals surface area contributed by atoms with Crippen molar-refractivity contribution in [1.29, 1.82) is 0 Å². The molecule has 3 aromatic rings. The molecule has 0 saturated carbocycles. The van der Waals surface area contributed by atoms with E-state index in [9.17, 15) is 39.6 Å². The molecule has 3 amide bonds. The van der Waals surface area contributed by atoms with Crippen LogP contribution in [0.3, 0.4) is 0 Å². The molecule has 0 heterocycles. The van der Waals surface area contributed by atoms with E-state index in [1.807, 2.05) is 0 Å². The van der Waals surface area contributed by atoms with Crippen molar-refractivity contribution in [2.75, 3.05) is 38.6 Å². The number of amides is 3. The summed E-state index contributed by atoms with van der Waals surface area (Å²) in [6.07, 6.45) is 16.7. The predicted molar refractivity (Wildman–Crippen MR) is 277 cm³/mol. The molecule has 0 radical (unpaired) electrons. The van der Waals surface area contributed by atoms with Crippen molar-refractivity contribution in [2.24, 2.45) is 0 Å². The van der Waals surface area contributed by atoms with Crippen molar-refractivity contribution in [2.45, 2.75) is 169 Å². The summed E-state index contributed by atoms with van der Waals surface area (Å²) in [6.45, 7) is 4.51. The molecular formula is C51H78N3O13PS3. The smallest absolute Gasteiger partial charge is 0.347 e. The Labute approximate surface area is 423 Å². The van der Waals surface area contributed by atoms with Crippen molar-refractivity contribution in [3.63, 3.8) is 0 Å². The van der Waals surface area contributed by atoms with Crippen LogP contribution in [0, 0.1) is 0 Å². The van der Waals surface area contributed by atoms with E-state index in [1.165, 1.54) is 54.6 Å². The van der Waals surface area contributed by atoms with Crippen molar-refractivity contribution in [1.82, 2.24) is 16.0 Å². The maximum Gasteiger partial charge on any atom is 0.475 e. The van der Waals surface area contributed by atoms with Crippen LogP contribution in [-0.2, 0) is 62.0 Å². The molecule has 0 spiro atoms. The molecule has 398 valence electrons. The highest BCUT2D eigenvalue weighted by atomic mass is 32.2. The molecule has 0 aliphatic rings. The minimum absolute atomic E-state index is 0.0370. The average molecular weight is 1070 g/mol. The second-order valence-electron chi connectivity index (χ2n) is 18.2. The van der Waals surface area contributed by atoms with Gasteiger partial charge in [-0.25, -0.2) is 29.8 Å². The van der Waals surface area contributed by atoms with Crippen molar-refractivity contribution >= 4 is 55.1 Å². The first-order valence-electron chi connectivity index (χ1n) is 24.9. The number of hydrogen-bond acceptors (Lipinski definition) is 13. The summed E-state index contributed by atoms with van der Waals surface area (Å²) in [4.78, 5) is 40.3. The van der Waals surface area contributed by atoms with Gasteiger partial charge >= 0.3 is 7.82 Å². The zero-order valence-electron chi connectivity index (χ0n) is 42.5. The fourth-order valence-corrected chi connectivity index (χ4v) is 10.9. The molecule has 0 bridgehead atoms. The number of unbranched alkanes of at least 4 members (excludes halogenated alkanes) is 12. The van der Waals surface area contributed by atoms with Crippen LogP contribution < -0.4 is 16.0 Å². The van der Waals surface area contributed by atoms with Crippen LogP contribution in [0.5, 0.6) is 0 Å². The van der Waals surface area contributed by atoms with E-state index in [0.29, 0.717) is 36.0 Å². The topological polar surface area (TPSA) is 234 Å². The molecule has 3 unspecified atom stereocenters. The van der Waals surface area contributed by atoms with Crippen molar-refractivity contribution in [3.8, 4) is 0 Å². The first kappa shape index (κ1) is 61.3. The highest BCUT2D eigenvalue weighted by molar-refractivity contribution is 7.91. The van der Waals surface area contributed by atoms with E-state index in [-0.39, 0.29) is 51.7 Å². The fourth-order valence-electron chi connectivity index (χ4n) is 7.63. The van der Waals surface area contributed by atoms with Gasteiger partial charge in [0.25, 0.3) is 0 Å². The minimum Gasteiger partial charge on any atom is -0.347 e. The van der Waals surface area contributed by atoms with Gasteiger partial charge in [0.1, 0.15) is 0 Å². The number of carbonyl (C=O) groups is 3. The average Bonchev–Trinajstić information content (AvgIpc) is 3.32. The molecule has 20 heteroatoms. The zero-order chi connectivity index (χ0) is 52.5. The second kappa shape index (κ2) is 30.9. The largest absolute Gasteiger partial charge is 0.475 e. The lowest BCUT2D eigenvalue weighted by Gasteiger charge is -2.27. The van der Waals surface area contributed by atoms with Gasteiger partial charge in [-0.2, -0.15) is 0 Å². The molecule has 0 aliphatic heterocycles. The van der Waals surface area contributed by atoms with Crippen LogP contribution in [-0.4, -0.2) is 81.6 Å². The van der Waals surface area contributed by atoms with Gasteiger partial charge in [0.05, 0.1) is 52.6 Å². The number of rotatable bonds is 36. The van der Waals surface area contributed by atoms with Crippen molar-refractivity contribution < 1.29 is 57.8 Å². The Bertz CT molecular complexity index is 2270. The number of phosphoric ester groups is 1. The summed E-state index contributed by atoms with van der Waals surface area (Å²) in [5.74, 6) is -1.12. The van der Waals surface area contributed by atoms with Gasteiger partial charge in [0, 0.05) is 38.0 Å². The second-order valence-corrected chi connectivity index (χ2v) is 25.9. The van der Waals surface area contributed by atoms with Gasteiger partial charge < -0.3 is 16.0 Å². The molecule has 16 nitrogen and oxygen atoms in total. The van der Waals surface area contributed by atoms with Crippen LogP contribution >= 0.6 is 7.82 Å². The van der Waals surface area contributed by atoms with E-state index >= 15 is 4.57 Å². The first-order chi connectivity index (χ1) is 33.6. The third-order valence-electron chi connectivity index (χ3n) is 11.8.